The van der Waals surface area contributed by atoms with Gasteiger partial charge in [-0.25, -0.2) is 4.98 Å². The van der Waals surface area contributed by atoms with Crippen LogP contribution in [0.25, 0.3) is 10.9 Å². The monoisotopic (exact) mass is 390 g/mol. The maximum atomic E-state index is 13.3. The van der Waals surface area contributed by atoms with Gasteiger partial charge in [-0.1, -0.05) is 0 Å². The first-order valence-electron chi connectivity index (χ1n) is 9.08. The van der Waals surface area contributed by atoms with Gasteiger partial charge in [0, 0.05) is 30.6 Å². The molecule has 1 aromatic carbocycles. The zero-order valence-electron chi connectivity index (χ0n) is 14.8. The summed E-state index contributed by atoms with van der Waals surface area (Å²) in [6, 6.07) is 3.65. The Morgan fingerprint density at radius 3 is 2.82 bits per heavy atom. The second-order valence-electron chi connectivity index (χ2n) is 6.94. The fourth-order valence-electron chi connectivity index (χ4n) is 3.26. The van der Waals surface area contributed by atoms with Crippen molar-refractivity contribution in [2.45, 2.75) is 38.0 Å². The van der Waals surface area contributed by atoms with Gasteiger partial charge in [-0.15, -0.1) is 0 Å². The Hall–Kier alpha value is -3.04. The number of nitrogens with one attached hydrogen (secondary N) is 2. The number of aryl methyl sites for hydroxylation is 1. The van der Waals surface area contributed by atoms with Gasteiger partial charge in [0.2, 0.25) is 5.95 Å². The molecule has 0 saturated heterocycles. The van der Waals surface area contributed by atoms with E-state index in [9.17, 15) is 13.2 Å². The minimum atomic E-state index is -4.52. The smallest absolute Gasteiger partial charge is 0.421 e. The molecule has 1 aliphatic heterocycles. The Balaban J connectivity index is 1.52. The Bertz CT molecular complexity index is 1040. The molecule has 2 N–H and O–H groups in total. The Kier molecular flexibility index (Phi) is 3.81. The predicted octanol–water partition coefficient (Wildman–Crippen LogP) is 3.95. The average Bonchev–Trinajstić information content (AvgIpc) is 3.39. The summed E-state index contributed by atoms with van der Waals surface area (Å²) in [5.74, 6) is 0.631. The zero-order chi connectivity index (χ0) is 19.3. The molecule has 28 heavy (non-hydrogen) atoms. The lowest BCUT2D eigenvalue weighted by Gasteiger charge is -2.15. The summed E-state index contributed by atoms with van der Waals surface area (Å²) in [7, 11) is 0. The topological polar surface area (TPSA) is 76.9 Å². The standard InChI is InChI=1S/C18H17F3N6O/c19-18(20,21)12-9-22-17(26-16(12)24-10-2-3-10)25-13-4-5-14-15-11(13)8-23-27(15)6-1-7-28-14/h4-5,8-10H,1-3,6-7H2,(H2,22,24,25,26). The molecule has 2 aliphatic rings. The van der Waals surface area contributed by atoms with E-state index in [-0.39, 0.29) is 17.8 Å². The molecule has 1 aliphatic carbocycles. The van der Waals surface area contributed by atoms with Crippen molar-refractivity contribution in [2.24, 2.45) is 0 Å². The van der Waals surface area contributed by atoms with Gasteiger partial charge in [-0.3, -0.25) is 4.68 Å². The number of ether oxygens (including phenoxy) is 1. The SMILES string of the molecule is FC(F)(F)c1cnc(Nc2ccc3c4c2cnn4CCCO3)nc1NC1CC1. The van der Waals surface area contributed by atoms with Gasteiger partial charge in [0.05, 0.1) is 18.5 Å². The van der Waals surface area contributed by atoms with Crippen LogP contribution in [0, 0.1) is 0 Å². The van der Waals surface area contributed by atoms with Gasteiger partial charge in [0.1, 0.15) is 22.6 Å². The lowest BCUT2D eigenvalue weighted by molar-refractivity contribution is -0.137. The van der Waals surface area contributed by atoms with E-state index < -0.39 is 11.7 Å². The number of halogens is 3. The molecule has 0 radical (unpaired) electrons. The predicted molar refractivity (Wildman–Crippen MR) is 96.8 cm³/mol. The molecule has 146 valence electrons. The summed E-state index contributed by atoms with van der Waals surface area (Å²) in [5, 5.41) is 11.1. The van der Waals surface area contributed by atoms with Crippen LogP contribution in [0.3, 0.4) is 0 Å². The highest BCUT2D eigenvalue weighted by atomic mass is 19.4. The maximum Gasteiger partial charge on any atom is 0.421 e. The molecule has 0 spiro atoms. The van der Waals surface area contributed by atoms with Crippen molar-refractivity contribution in [3.63, 3.8) is 0 Å². The van der Waals surface area contributed by atoms with Gasteiger partial charge >= 0.3 is 6.18 Å². The van der Waals surface area contributed by atoms with Crippen LogP contribution in [0.2, 0.25) is 0 Å². The Morgan fingerprint density at radius 1 is 1.18 bits per heavy atom. The van der Waals surface area contributed by atoms with Crippen molar-refractivity contribution in [1.82, 2.24) is 19.7 Å². The van der Waals surface area contributed by atoms with E-state index >= 15 is 0 Å². The molecule has 0 unspecified atom stereocenters. The number of aromatic nitrogens is 4. The van der Waals surface area contributed by atoms with Crippen molar-refractivity contribution >= 4 is 28.4 Å². The van der Waals surface area contributed by atoms with Crippen molar-refractivity contribution in [1.29, 1.82) is 0 Å². The number of benzene rings is 1. The van der Waals surface area contributed by atoms with Gasteiger partial charge < -0.3 is 15.4 Å². The molecular formula is C18H17F3N6O. The summed E-state index contributed by atoms with van der Waals surface area (Å²) >= 11 is 0. The summed E-state index contributed by atoms with van der Waals surface area (Å²) in [4.78, 5) is 7.97. The highest BCUT2D eigenvalue weighted by Crippen LogP contribution is 2.37. The first kappa shape index (κ1) is 17.1. The van der Waals surface area contributed by atoms with E-state index in [1.54, 1.807) is 12.3 Å². The number of nitrogens with zero attached hydrogens (tertiary/aromatic N) is 4. The quantitative estimate of drug-likeness (QED) is 0.703. The number of anilines is 3. The molecule has 10 heteroatoms. The van der Waals surface area contributed by atoms with E-state index in [1.165, 1.54) is 0 Å². The van der Waals surface area contributed by atoms with Crippen molar-refractivity contribution < 1.29 is 17.9 Å². The third-order valence-electron chi connectivity index (χ3n) is 4.80. The third-order valence-corrected chi connectivity index (χ3v) is 4.80. The molecule has 0 bridgehead atoms. The van der Waals surface area contributed by atoms with E-state index in [4.69, 9.17) is 4.74 Å². The van der Waals surface area contributed by atoms with Crippen molar-refractivity contribution in [3.05, 3.63) is 30.1 Å². The molecule has 2 aromatic heterocycles. The summed E-state index contributed by atoms with van der Waals surface area (Å²) in [6.07, 6.45) is 0.539. The summed E-state index contributed by atoms with van der Waals surface area (Å²) in [5.41, 5.74) is 0.649. The van der Waals surface area contributed by atoms with E-state index in [0.29, 0.717) is 12.3 Å². The molecule has 3 heterocycles. The summed E-state index contributed by atoms with van der Waals surface area (Å²) in [6.45, 7) is 1.36. The molecule has 0 amide bonds. The second-order valence-corrected chi connectivity index (χ2v) is 6.94. The second kappa shape index (κ2) is 6.25. The maximum absolute atomic E-state index is 13.3. The Morgan fingerprint density at radius 2 is 2.04 bits per heavy atom. The minimum Gasteiger partial charge on any atom is -0.491 e. The average molecular weight is 390 g/mol. The Labute approximate surface area is 157 Å². The fourth-order valence-corrected chi connectivity index (χ4v) is 3.26. The van der Waals surface area contributed by atoms with Crippen LogP contribution in [0.4, 0.5) is 30.6 Å². The van der Waals surface area contributed by atoms with Crippen LogP contribution in [0.1, 0.15) is 24.8 Å². The van der Waals surface area contributed by atoms with Crippen LogP contribution >= 0.6 is 0 Å². The number of hydrogen-bond donors (Lipinski definition) is 2. The zero-order valence-corrected chi connectivity index (χ0v) is 14.8. The van der Waals surface area contributed by atoms with Crippen LogP contribution in [0.15, 0.2) is 24.5 Å². The first-order chi connectivity index (χ1) is 13.5. The number of rotatable bonds is 4. The molecule has 7 nitrogen and oxygen atoms in total. The molecular weight excluding hydrogens is 373 g/mol. The van der Waals surface area contributed by atoms with E-state index in [1.807, 2.05) is 10.7 Å². The van der Waals surface area contributed by atoms with Gasteiger partial charge in [-0.2, -0.15) is 23.3 Å². The van der Waals surface area contributed by atoms with Crippen LogP contribution in [0.5, 0.6) is 5.75 Å². The van der Waals surface area contributed by atoms with Crippen LogP contribution in [-0.4, -0.2) is 32.4 Å². The lowest BCUT2D eigenvalue weighted by atomic mass is 10.2. The normalized spacial score (nSPS) is 16.5. The van der Waals surface area contributed by atoms with E-state index in [2.05, 4.69) is 25.7 Å². The molecule has 0 atom stereocenters. The minimum absolute atomic E-state index is 0.0341. The third kappa shape index (κ3) is 3.08. The van der Waals surface area contributed by atoms with E-state index in [0.717, 1.165) is 48.7 Å². The molecule has 1 fully saturated rings. The van der Waals surface area contributed by atoms with Crippen LogP contribution in [-0.2, 0) is 12.7 Å². The van der Waals surface area contributed by atoms with Gasteiger partial charge in [-0.05, 0) is 25.0 Å². The van der Waals surface area contributed by atoms with Gasteiger partial charge in [0.25, 0.3) is 0 Å². The van der Waals surface area contributed by atoms with Gasteiger partial charge in [0.15, 0.2) is 0 Å². The van der Waals surface area contributed by atoms with Crippen molar-refractivity contribution in [2.75, 3.05) is 17.2 Å². The van der Waals surface area contributed by atoms with Crippen LogP contribution < -0.4 is 15.4 Å². The highest BCUT2D eigenvalue weighted by Gasteiger charge is 2.37. The highest BCUT2D eigenvalue weighted by molar-refractivity contribution is 5.96. The lowest BCUT2D eigenvalue weighted by Crippen LogP contribution is -2.15. The summed E-state index contributed by atoms with van der Waals surface area (Å²) < 4.78 is 47.4. The van der Waals surface area contributed by atoms with Crippen molar-refractivity contribution in [3.8, 4) is 5.75 Å². The largest absolute Gasteiger partial charge is 0.491 e. The first-order valence-corrected chi connectivity index (χ1v) is 9.08. The number of alkyl halides is 3. The molecule has 1 saturated carbocycles. The molecule has 5 rings (SSSR count). The fraction of sp³-hybridized carbons (Fsp3) is 0.389. The molecule has 3 aromatic rings. The number of hydrogen-bond acceptors (Lipinski definition) is 6.